The van der Waals surface area contributed by atoms with Crippen molar-refractivity contribution in [1.29, 1.82) is 0 Å². The van der Waals surface area contributed by atoms with Crippen molar-refractivity contribution < 1.29 is 9.59 Å². The largest absolute Gasteiger partial charge is 0.355 e. The van der Waals surface area contributed by atoms with Crippen LogP contribution in [-0.4, -0.2) is 37.1 Å². The second kappa shape index (κ2) is 7.92. The quantitative estimate of drug-likeness (QED) is 0.463. The number of carbonyl (C=O) groups is 2. The van der Waals surface area contributed by atoms with E-state index in [1.54, 1.807) is 0 Å². The van der Waals surface area contributed by atoms with Crippen LogP contribution in [0.15, 0.2) is 0 Å². The van der Waals surface area contributed by atoms with Crippen LogP contribution in [0.2, 0.25) is 0 Å². The van der Waals surface area contributed by atoms with Gasteiger partial charge in [0.2, 0.25) is 5.91 Å². The monoisotopic (exact) mass is 256 g/mol. The Labute approximate surface area is 108 Å². The molecule has 0 radical (unpaired) electrons. The fraction of sp³-hybridized carbons (Fsp3) is 0.833. The molecule has 3 amide bonds. The topological polar surface area (TPSA) is 96.2 Å². The van der Waals surface area contributed by atoms with Gasteiger partial charge in [-0.3, -0.25) is 4.79 Å². The minimum absolute atomic E-state index is 0.0738. The van der Waals surface area contributed by atoms with Gasteiger partial charge < -0.3 is 21.7 Å². The number of hydrogen-bond donors (Lipinski definition) is 4. The summed E-state index contributed by atoms with van der Waals surface area (Å²) in [5, 5.41) is 8.46. The highest BCUT2D eigenvalue weighted by Crippen LogP contribution is 2.11. The molecule has 1 aliphatic rings. The molecule has 0 aromatic rings. The molecule has 1 heterocycles. The summed E-state index contributed by atoms with van der Waals surface area (Å²) in [5.41, 5.74) is 5.29. The molecular weight excluding hydrogens is 232 g/mol. The molecule has 18 heavy (non-hydrogen) atoms. The zero-order valence-electron chi connectivity index (χ0n) is 11.0. The third-order valence-corrected chi connectivity index (χ3v) is 3.16. The fourth-order valence-electron chi connectivity index (χ4n) is 2.09. The first-order chi connectivity index (χ1) is 8.63. The van der Waals surface area contributed by atoms with Crippen LogP contribution < -0.4 is 21.7 Å². The molecule has 0 saturated carbocycles. The van der Waals surface area contributed by atoms with Crippen LogP contribution in [0.25, 0.3) is 0 Å². The zero-order chi connectivity index (χ0) is 13.4. The van der Waals surface area contributed by atoms with E-state index < -0.39 is 0 Å². The number of unbranched alkanes of at least 4 members (excludes halogenated alkanes) is 2. The van der Waals surface area contributed by atoms with Crippen molar-refractivity contribution in [1.82, 2.24) is 16.0 Å². The van der Waals surface area contributed by atoms with Crippen molar-refractivity contribution in [3.8, 4) is 0 Å². The van der Waals surface area contributed by atoms with Crippen LogP contribution in [0.4, 0.5) is 4.79 Å². The average Bonchev–Trinajstić information content (AvgIpc) is 2.65. The molecule has 0 bridgehead atoms. The lowest BCUT2D eigenvalue weighted by atomic mass is 10.0. The number of carbonyl (C=O) groups excluding carboxylic acids is 2. The van der Waals surface area contributed by atoms with Gasteiger partial charge in [0.25, 0.3) is 0 Å². The van der Waals surface area contributed by atoms with Gasteiger partial charge in [-0.2, -0.15) is 0 Å². The number of hydrogen-bond acceptors (Lipinski definition) is 3. The van der Waals surface area contributed by atoms with E-state index in [1.165, 1.54) is 0 Å². The molecule has 0 spiro atoms. The molecular formula is C12H24N4O2. The lowest BCUT2D eigenvalue weighted by Crippen LogP contribution is -2.30. The van der Waals surface area contributed by atoms with E-state index >= 15 is 0 Å². The Balaban J connectivity index is 1.98. The molecule has 1 fully saturated rings. The highest BCUT2D eigenvalue weighted by atomic mass is 16.2. The standard InChI is InChI=1S/C12H24N4O2/c1-9-10(16-12(18)15-9)5-3-2-4-6-11(17)14-8-7-13/h9-10H,2-8,13H2,1H3,(H,14,17)(H2,15,16,18)/t9-,10+/m0/s1. The number of nitrogens with two attached hydrogens (primary N) is 1. The first-order valence-corrected chi connectivity index (χ1v) is 6.67. The van der Waals surface area contributed by atoms with Crippen LogP contribution in [0.5, 0.6) is 0 Å². The van der Waals surface area contributed by atoms with E-state index in [0.29, 0.717) is 19.5 Å². The van der Waals surface area contributed by atoms with Gasteiger partial charge in [-0.05, 0) is 19.8 Å². The Hall–Kier alpha value is -1.30. The maximum Gasteiger partial charge on any atom is 0.315 e. The molecule has 5 N–H and O–H groups in total. The van der Waals surface area contributed by atoms with Crippen LogP contribution in [0, 0.1) is 0 Å². The van der Waals surface area contributed by atoms with Crippen LogP contribution in [0.3, 0.4) is 0 Å². The third-order valence-electron chi connectivity index (χ3n) is 3.16. The second-order valence-corrected chi connectivity index (χ2v) is 4.75. The molecule has 0 aromatic heterocycles. The molecule has 0 aliphatic carbocycles. The minimum atomic E-state index is -0.0753. The van der Waals surface area contributed by atoms with E-state index in [-0.39, 0.29) is 24.0 Å². The number of nitrogens with one attached hydrogen (secondary N) is 3. The highest BCUT2D eigenvalue weighted by molar-refractivity contribution is 5.77. The summed E-state index contributed by atoms with van der Waals surface area (Å²) in [4.78, 5) is 22.3. The van der Waals surface area contributed by atoms with Gasteiger partial charge in [-0.15, -0.1) is 0 Å². The lowest BCUT2D eigenvalue weighted by Gasteiger charge is -2.13. The summed E-state index contributed by atoms with van der Waals surface area (Å²) in [6.07, 6.45) is 4.45. The Kier molecular flexibility index (Phi) is 6.49. The predicted octanol–water partition coefficient (Wildman–Crippen LogP) is 0.0817. The Morgan fingerprint density at radius 3 is 2.72 bits per heavy atom. The molecule has 1 rings (SSSR count). The predicted molar refractivity (Wildman–Crippen MR) is 70.1 cm³/mol. The maximum atomic E-state index is 11.3. The summed E-state index contributed by atoms with van der Waals surface area (Å²) in [6, 6.07) is 0.350. The van der Waals surface area contributed by atoms with E-state index in [9.17, 15) is 9.59 Å². The Morgan fingerprint density at radius 2 is 2.11 bits per heavy atom. The van der Waals surface area contributed by atoms with Gasteiger partial charge >= 0.3 is 6.03 Å². The molecule has 0 aromatic carbocycles. The second-order valence-electron chi connectivity index (χ2n) is 4.75. The summed E-state index contributed by atoms with van der Waals surface area (Å²) in [7, 11) is 0. The van der Waals surface area contributed by atoms with Gasteiger partial charge in [0, 0.05) is 25.6 Å². The van der Waals surface area contributed by atoms with Gasteiger partial charge in [0.05, 0.1) is 6.04 Å². The molecule has 104 valence electrons. The van der Waals surface area contributed by atoms with E-state index in [0.717, 1.165) is 25.7 Å². The van der Waals surface area contributed by atoms with Gasteiger partial charge in [-0.1, -0.05) is 12.8 Å². The van der Waals surface area contributed by atoms with Crippen molar-refractivity contribution in [3.05, 3.63) is 0 Å². The van der Waals surface area contributed by atoms with E-state index in [4.69, 9.17) is 5.73 Å². The van der Waals surface area contributed by atoms with E-state index in [1.807, 2.05) is 6.92 Å². The van der Waals surface area contributed by atoms with Crippen molar-refractivity contribution >= 4 is 11.9 Å². The molecule has 0 unspecified atom stereocenters. The smallest absolute Gasteiger partial charge is 0.315 e. The molecule has 1 saturated heterocycles. The van der Waals surface area contributed by atoms with Crippen molar-refractivity contribution in [3.63, 3.8) is 0 Å². The summed E-state index contributed by atoms with van der Waals surface area (Å²) in [6.45, 7) is 3.04. The zero-order valence-corrected chi connectivity index (χ0v) is 11.0. The van der Waals surface area contributed by atoms with Crippen molar-refractivity contribution in [2.45, 2.75) is 51.1 Å². The van der Waals surface area contributed by atoms with Crippen LogP contribution in [-0.2, 0) is 4.79 Å². The molecule has 2 atom stereocenters. The van der Waals surface area contributed by atoms with E-state index in [2.05, 4.69) is 16.0 Å². The maximum absolute atomic E-state index is 11.3. The van der Waals surface area contributed by atoms with Gasteiger partial charge in [0.15, 0.2) is 0 Å². The molecule has 6 nitrogen and oxygen atoms in total. The first-order valence-electron chi connectivity index (χ1n) is 6.67. The summed E-state index contributed by atoms with van der Waals surface area (Å²) < 4.78 is 0. The number of urea groups is 1. The normalized spacial score (nSPS) is 22.4. The molecule has 1 aliphatic heterocycles. The first kappa shape index (κ1) is 14.8. The van der Waals surface area contributed by atoms with Crippen molar-refractivity contribution in [2.24, 2.45) is 5.73 Å². The Morgan fingerprint density at radius 1 is 1.33 bits per heavy atom. The van der Waals surface area contributed by atoms with Gasteiger partial charge in [-0.25, -0.2) is 4.79 Å². The number of rotatable bonds is 8. The SMILES string of the molecule is C[C@@H]1NC(=O)N[C@@H]1CCCCCC(=O)NCCN. The summed E-state index contributed by atoms with van der Waals surface area (Å²) >= 11 is 0. The van der Waals surface area contributed by atoms with Crippen LogP contribution in [0.1, 0.15) is 39.0 Å². The van der Waals surface area contributed by atoms with Crippen molar-refractivity contribution in [2.75, 3.05) is 13.1 Å². The van der Waals surface area contributed by atoms with Crippen LogP contribution >= 0.6 is 0 Å². The minimum Gasteiger partial charge on any atom is -0.355 e. The lowest BCUT2D eigenvalue weighted by molar-refractivity contribution is -0.121. The van der Waals surface area contributed by atoms with Gasteiger partial charge in [0.1, 0.15) is 0 Å². The molecule has 6 heteroatoms. The Bertz CT molecular complexity index is 283. The fourth-order valence-corrected chi connectivity index (χ4v) is 2.09. The summed E-state index contributed by atoms with van der Waals surface area (Å²) in [5.74, 6) is 0.0738. The highest BCUT2D eigenvalue weighted by Gasteiger charge is 2.26. The third kappa shape index (κ3) is 5.35. The number of amides is 3. The average molecular weight is 256 g/mol.